The monoisotopic (exact) mass is 303 g/mol. The van der Waals surface area contributed by atoms with Gasteiger partial charge >= 0.3 is 0 Å². The third kappa shape index (κ3) is 2.53. The van der Waals surface area contributed by atoms with Gasteiger partial charge in [-0.05, 0) is 14.0 Å². The summed E-state index contributed by atoms with van der Waals surface area (Å²) >= 11 is 6.04. The molecular weight excluding hydrogens is 291 g/mol. The van der Waals surface area contributed by atoms with Crippen molar-refractivity contribution in [2.24, 2.45) is 0 Å². The number of rotatable bonds is 4. The van der Waals surface area contributed by atoms with Gasteiger partial charge in [0, 0.05) is 24.2 Å². The van der Waals surface area contributed by atoms with Crippen LogP contribution < -0.4 is 5.32 Å². The lowest BCUT2D eigenvalue weighted by Gasteiger charge is -2.20. The van der Waals surface area contributed by atoms with Gasteiger partial charge in [-0.2, -0.15) is 5.10 Å². The first-order valence-electron chi connectivity index (χ1n) is 6.02. The molecule has 2 aromatic rings. The molecule has 0 amide bonds. The largest absolute Gasteiger partial charge is 0.308 e. The molecule has 1 atom stereocenters. The fourth-order valence-electron chi connectivity index (χ4n) is 2.16. The highest BCUT2D eigenvalue weighted by atomic mass is 35.5. The Bertz CT molecular complexity index is 604. The molecule has 0 spiro atoms. The first-order valence-corrected chi connectivity index (χ1v) is 6.40. The Balaban J connectivity index is 2.61. The van der Waals surface area contributed by atoms with E-state index >= 15 is 0 Å². The van der Waals surface area contributed by atoms with E-state index in [1.807, 2.05) is 6.92 Å². The Kier molecular flexibility index (Phi) is 4.35. The van der Waals surface area contributed by atoms with Crippen LogP contribution >= 0.6 is 11.6 Å². The molecule has 7 heteroatoms. The van der Waals surface area contributed by atoms with Crippen molar-refractivity contribution in [3.63, 3.8) is 0 Å². The minimum absolute atomic E-state index is 0.286. The van der Waals surface area contributed by atoms with Crippen molar-refractivity contribution >= 4 is 11.6 Å². The van der Waals surface area contributed by atoms with E-state index in [0.29, 0.717) is 24.4 Å². The average Bonchev–Trinajstić information content (AvgIpc) is 2.74. The molecule has 108 valence electrons. The van der Waals surface area contributed by atoms with Gasteiger partial charge in [-0.3, -0.25) is 4.68 Å². The molecule has 20 heavy (non-hydrogen) atoms. The number of aryl methyl sites for hydroxylation is 1. The quantitative estimate of drug-likeness (QED) is 0.939. The maximum absolute atomic E-state index is 13.9. The Morgan fingerprint density at radius 3 is 2.40 bits per heavy atom. The van der Waals surface area contributed by atoms with E-state index < -0.39 is 23.5 Å². The van der Waals surface area contributed by atoms with Crippen LogP contribution in [-0.4, -0.2) is 16.8 Å². The SMILES string of the molecule is CCn1ncc(Cl)c1C(NC)c1c(F)cc(F)cc1F. The second kappa shape index (κ2) is 5.85. The highest BCUT2D eigenvalue weighted by molar-refractivity contribution is 6.31. The predicted molar refractivity (Wildman–Crippen MR) is 70.1 cm³/mol. The fourth-order valence-corrected chi connectivity index (χ4v) is 2.41. The summed E-state index contributed by atoms with van der Waals surface area (Å²) in [4.78, 5) is 0. The van der Waals surface area contributed by atoms with Crippen molar-refractivity contribution in [1.82, 2.24) is 15.1 Å². The Morgan fingerprint density at radius 1 is 1.30 bits per heavy atom. The van der Waals surface area contributed by atoms with Crippen molar-refractivity contribution in [2.75, 3.05) is 7.05 Å². The molecule has 0 aliphatic carbocycles. The molecule has 0 radical (unpaired) electrons. The number of hydrogen-bond donors (Lipinski definition) is 1. The summed E-state index contributed by atoms with van der Waals surface area (Å²) < 4.78 is 42.4. The van der Waals surface area contributed by atoms with E-state index in [4.69, 9.17) is 11.6 Å². The van der Waals surface area contributed by atoms with Crippen LogP contribution in [0.3, 0.4) is 0 Å². The van der Waals surface area contributed by atoms with Crippen molar-refractivity contribution in [1.29, 1.82) is 0 Å². The van der Waals surface area contributed by atoms with Crippen molar-refractivity contribution < 1.29 is 13.2 Å². The maximum Gasteiger partial charge on any atom is 0.134 e. The van der Waals surface area contributed by atoms with Gasteiger partial charge in [0.25, 0.3) is 0 Å². The molecule has 0 saturated heterocycles. The molecule has 1 aromatic carbocycles. The zero-order valence-corrected chi connectivity index (χ0v) is 11.7. The average molecular weight is 304 g/mol. The molecule has 0 aliphatic heterocycles. The van der Waals surface area contributed by atoms with Gasteiger partial charge in [0.05, 0.1) is 23.0 Å². The van der Waals surface area contributed by atoms with Gasteiger partial charge < -0.3 is 5.32 Å². The van der Waals surface area contributed by atoms with Crippen molar-refractivity contribution in [3.05, 3.63) is 52.1 Å². The highest BCUT2D eigenvalue weighted by Gasteiger charge is 2.26. The highest BCUT2D eigenvalue weighted by Crippen LogP contribution is 2.31. The van der Waals surface area contributed by atoms with E-state index in [-0.39, 0.29) is 10.6 Å². The minimum Gasteiger partial charge on any atom is -0.308 e. The first kappa shape index (κ1) is 14.9. The predicted octanol–water partition coefficient (Wildman–Crippen LogP) is 3.28. The van der Waals surface area contributed by atoms with Crippen LogP contribution in [0.1, 0.15) is 24.2 Å². The Hall–Kier alpha value is -1.53. The van der Waals surface area contributed by atoms with Crippen molar-refractivity contribution in [2.45, 2.75) is 19.5 Å². The van der Waals surface area contributed by atoms with Crippen LogP contribution in [-0.2, 0) is 6.54 Å². The van der Waals surface area contributed by atoms with Crippen molar-refractivity contribution in [3.8, 4) is 0 Å². The van der Waals surface area contributed by atoms with Crippen LogP contribution in [0.2, 0.25) is 5.02 Å². The summed E-state index contributed by atoms with van der Waals surface area (Å²) in [5.74, 6) is -2.91. The maximum atomic E-state index is 13.9. The summed E-state index contributed by atoms with van der Waals surface area (Å²) in [7, 11) is 1.54. The number of halogens is 4. The summed E-state index contributed by atoms with van der Waals surface area (Å²) in [6, 6.07) is 0.428. The molecule has 0 saturated carbocycles. The summed E-state index contributed by atoms with van der Waals surface area (Å²) in [5, 5.41) is 7.11. The molecule has 2 rings (SSSR count). The van der Waals surface area contributed by atoms with Crippen LogP contribution in [0, 0.1) is 17.5 Å². The van der Waals surface area contributed by atoms with Crippen LogP contribution in [0.4, 0.5) is 13.2 Å². The molecule has 3 nitrogen and oxygen atoms in total. The van der Waals surface area contributed by atoms with Crippen LogP contribution in [0.25, 0.3) is 0 Å². The third-order valence-electron chi connectivity index (χ3n) is 3.03. The molecule has 0 fully saturated rings. The molecule has 1 heterocycles. The lowest BCUT2D eigenvalue weighted by Crippen LogP contribution is -2.24. The second-order valence-corrected chi connectivity index (χ2v) is 4.61. The van der Waals surface area contributed by atoms with Crippen LogP contribution in [0.15, 0.2) is 18.3 Å². The molecule has 1 unspecified atom stereocenters. The Labute approximate surface area is 119 Å². The van der Waals surface area contributed by atoms with Gasteiger partial charge in [0.15, 0.2) is 0 Å². The lowest BCUT2D eigenvalue weighted by atomic mass is 10.0. The zero-order chi connectivity index (χ0) is 14.9. The van der Waals surface area contributed by atoms with Crippen LogP contribution in [0.5, 0.6) is 0 Å². The van der Waals surface area contributed by atoms with E-state index in [1.165, 1.54) is 17.9 Å². The number of nitrogens with one attached hydrogen (secondary N) is 1. The summed E-state index contributed by atoms with van der Waals surface area (Å²) in [5.41, 5.74) is 0.145. The summed E-state index contributed by atoms with van der Waals surface area (Å²) in [6.45, 7) is 2.32. The molecular formula is C13H13ClF3N3. The van der Waals surface area contributed by atoms with E-state index in [0.717, 1.165) is 0 Å². The number of aromatic nitrogens is 2. The first-order chi connectivity index (χ1) is 9.49. The van der Waals surface area contributed by atoms with Gasteiger partial charge in [-0.25, -0.2) is 13.2 Å². The van der Waals surface area contributed by atoms with E-state index in [2.05, 4.69) is 10.4 Å². The smallest absolute Gasteiger partial charge is 0.134 e. The molecule has 0 bridgehead atoms. The zero-order valence-electron chi connectivity index (χ0n) is 10.9. The molecule has 0 aliphatic rings. The number of benzene rings is 1. The van der Waals surface area contributed by atoms with Gasteiger partial charge in [-0.1, -0.05) is 11.6 Å². The second-order valence-electron chi connectivity index (χ2n) is 4.20. The van der Waals surface area contributed by atoms with E-state index in [9.17, 15) is 13.2 Å². The minimum atomic E-state index is -0.971. The Morgan fingerprint density at radius 2 is 1.90 bits per heavy atom. The topological polar surface area (TPSA) is 29.9 Å². The van der Waals surface area contributed by atoms with Gasteiger partial charge in [0.1, 0.15) is 17.5 Å². The number of hydrogen-bond acceptors (Lipinski definition) is 2. The fraction of sp³-hybridized carbons (Fsp3) is 0.308. The van der Waals surface area contributed by atoms with E-state index in [1.54, 1.807) is 0 Å². The normalized spacial score (nSPS) is 12.7. The standard InChI is InChI=1S/C13H13ClF3N3/c1-3-20-13(8(14)6-19-20)12(18-2)11-9(16)4-7(15)5-10(11)17/h4-6,12,18H,3H2,1-2H3. The van der Waals surface area contributed by atoms with Gasteiger partial charge in [-0.15, -0.1) is 0 Å². The third-order valence-corrected chi connectivity index (χ3v) is 3.32. The lowest BCUT2D eigenvalue weighted by molar-refractivity contribution is 0.483. The molecule has 1 N–H and O–H groups in total. The summed E-state index contributed by atoms with van der Waals surface area (Å²) in [6.07, 6.45) is 1.41. The number of nitrogens with zero attached hydrogens (tertiary/aromatic N) is 2. The molecule has 1 aromatic heterocycles. The van der Waals surface area contributed by atoms with Gasteiger partial charge in [0.2, 0.25) is 0 Å².